The number of epoxide rings is 1. The zero-order chi connectivity index (χ0) is 19.6. The Bertz CT molecular complexity index is 916. The molecule has 4 nitrogen and oxygen atoms in total. The number of benzene rings is 3. The first kappa shape index (κ1) is 18.4. The molecule has 1 saturated heterocycles. The third kappa shape index (κ3) is 4.12. The zero-order valence-corrected chi connectivity index (χ0v) is 16.3. The van der Waals surface area contributed by atoms with Gasteiger partial charge in [-0.1, -0.05) is 54.4 Å². The van der Waals surface area contributed by atoms with Gasteiger partial charge in [0.15, 0.2) is 0 Å². The Hall–Kier alpha value is -2.98. The molecule has 4 rings (SSSR count). The lowest BCUT2D eigenvalue weighted by Crippen LogP contribution is -2.33. The van der Waals surface area contributed by atoms with E-state index >= 15 is 0 Å². The number of rotatable bonds is 7. The maximum Gasteiger partial charge on any atom is 0.442 e. The van der Waals surface area contributed by atoms with Gasteiger partial charge in [0.1, 0.15) is 17.2 Å². The summed E-state index contributed by atoms with van der Waals surface area (Å²) < 4.78 is 23.9. The van der Waals surface area contributed by atoms with Crippen LogP contribution in [0.5, 0.6) is 17.2 Å². The van der Waals surface area contributed by atoms with Gasteiger partial charge < -0.3 is 14.2 Å². The molecule has 0 saturated carbocycles. The molecule has 1 fully saturated rings. The quantitative estimate of drug-likeness (QED) is 0.408. The van der Waals surface area contributed by atoms with E-state index in [9.17, 15) is 0 Å². The molecule has 144 valence electrons. The van der Waals surface area contributed by atoms with E-state index in [4.69, 9.17) is 18.9 Å². The van der Waals surface area contributed by atoms with Gasteiger partial charge in [0.25, 0.3) is 0 Å². The number of hydrogen-bond donors (Lipinski definition) is 0. The Kier molecular flexibility index (Phi) is 4.97. The highest BCUT2D eigenvalue weighted by atomic mass is 17.0. The minimum Gasteiger partial charge on any atom is -0.454 e. The molecule has 0 amide bonds. The summed E-state index contributed by atoms with van der Waals surface area (Å²) in [6.45, 7) is 6.18. The van der Waals surface area contributed by atoms with Gasteiger partial charge in [0.2, 0.25) is 0 Å². The summed E-state index contributed by atoms with van der Waals surface area (Å²) in [6.07, 6.45) is 0.309. The predicted octanol–water partition coefficient (Wildman–Crippen LogP) is 5.41. The van der Waals surface area contributed by atoms with Crippen LogP contribution in [0.25, 0.3) is 0 Å². The Morgan fingerprint density at radius 2 is 1.18 bits per heavy atom. The minimum absolute atomic E-state index is 0.658. The van der Waals surface area contributed by atoms with Crippen LogP contribution < -0.4 is 14.2 Å². The van der Waals surface area contributed by atoms with E-state index in [-0.39, 0.29) is 0 Å². The van der Waals surface area contributed by atoms with Crippen LogP contribution in [0.4, 0.5) is 0 Å². The Balaban J connectivity index is 1.54. The van der Waals surface area contributed by atoms with E-state index in [0.29, 0.717) is 17.2 Å². The summed E-state index contributed by atoms with van der Waals surface area (Å²) in [7, 11) is 0. The van der Waals surface area contributed by atoms with Crippen LogP contribution in [0, 0.1) is 13.8 Å². The monoisotopic (exact) mass is 376 g/mol. The number of hydrogen-bond acceptors (Lipinski definition) is 4. The molecule has 0 N–H and O–H groups in total. The molecule has 0 aliphatic carbocycles. The maximum atomic E-state index is 6.09. The van der Waals surface area contributed by atoms with E-state index in [0.717, 1.165) is 12.0 Å². The Morgan fingerprint density at radius 3 is 1.68 bits per heavy atom. The summed E-state index contributed by atoms with van der Waals surface area (Å²) in [4.78, 5) is 0. The second-order valence-electron chi connectivity index (χ2n) is 7.00. The van der Waals surface area contributed by atoms with Crippen LogP contribution in [-0.4, -0.2) is 12.3 Å². The van der Waals surface area contributed by atoms with Crippen molar-refractivity contribution in [2.24, 2.45) is 0 Å². The molecule has 0 radical (unpaired) electrons. The Labute approximate surface area is 165 Å². The van der Waals surface area contributed by atoms with Crippen molar-refractivity contribution in [1.29, 1.82) is 0 Å². The van der Waals surface area contributed by atoms with Gasteiger partial charge in [0.05, 0.1) is 0 Å². The molecule has 3 aromatic carbocycles. The second kappa shape index (κ2) is 7.56. The molecular weight excluding hydrogens is 352 g/mol. The van der Waals surface area contributed by atoms with E-state index in [2.05, 4.69) is 6.92 Å². The molecule has 0 aromatic heterocycles. The molecule has 3 aromatic rings. The zero-order valence-electron chi connectivity index (χ0n) is 16.3. The largest absolute Gasteiger partial charge is 0.454 e. The molecule has 0 spiro atoms. The van der Waals surface area contributed by atoms with Crippen molar-refractivity contribution < 1.29 is 18.9 Å². The topological polar surface area (TPSA) is 40.2 Å². The summed E-state index contributed by atoms with van der Waals surface area (Å²) in [5.74, 6) is 0.716. The third-order valence-corrected chi connectivity index (χ3v) is 4.64. The highest BCUT2D eigenvalue weighted by Gasteiger charge is 2.67. The second-order valence-corrected chi connectivity index (χ2v) is 7.00. The number of aryl methyl sites for hydroxylation is 3. The SMILES string of the molecule is CCc1ccc(OC2(Oc3ccc(C)cc3)OC2Oc2ccc(C)cc2)cc1. The van der Waals surface area contributed by atoms with Gasteiger partial charge in [0, 0.05) is 0 Å². The van der Waals surface area contributed by atoms with Crippen LogP contribution >= 0.6 is 0 Å². The van der Waals surface area contributed by atoms with Gasteiger partial charge >= 0.3 is 12.3 Å². The average Bonchev–Trinajstić information content (AvgIpc) is 3.37. The van der Waals surface area contributed by atoms with E-state index in [1.165, 1.54) is 11.1 Å². The highest BCUT2D eigenvalue weighted by molar-refractivity contribution is 5.31. The minimum atomic E-state index is -1.31. The van der Waals surface area contributed by atoms with Gasteiger partial charge in [-0.3, -0.25) is 4.74 Å². The molecule has 28 heavy (non-hydrogen) atoms. The van der Waals surface area contributed by atoms with Crippen molar-refractivity contribution in [1.82, 2.24) is 0 Å². The molecular formula is C24H24O4. The molecule has 1 aliphatic rings. The van der Waals surface area contributed by atoms with Crippen molar-refractivity contribution >= 4 is 0 Å². The fourth-order valence-electron chi connectivity index (χ4n) is 2.85. The Morgan fingerprint density at radius 1 is 0.714 bits per heavy atom. The predicted molar refractivity (Wildman–Crippen MR) is 108 cm³/mol. The van der Waals surface area contributed by atoms with Crippen LogP contribution in [0.3, 0.4) is 0 Å². The van der Waals surface area contributed by atoms with Gasteiger partial charge in [-0.25, -0.2) is 0 Å². The smallest absolute Gasteiger partial charge is 0.442 e. The summed E-state index contributed by atoms with van der Waals surface area (Å²) in [5.41, 5.74) is 3.56. The van der Waals surface area contributed by atoms with Crippen molar-refractivity contribution in [3.05, 3.63) is 89.5 Å². The fourth-order valence-corrected chi connectivity index (χ4v) is 2.85. The molecule has 0 bridgehead atoms. The molecule has 1 aliphatic heterocycles. The fraction of sp³-hybridized carbons (Fsp3) is 0.250. The molecule has 1 heterocycles. The lowest BCUT2D eigenvalue weighted by atomic mass is 10.2. The summed E-state index contributed by atoms with van der Waals surface area (Å²) >= 11 is 0. The van der Waals surface area contributed by atoms with Crippen molar-refractivity contribution in [2.75, 3.05) is 0 Å². The van der Waals surface area contributed by atoms with Gasteiger partial charge in [-0.05, 0) is 62.2 Å². The van der Waals surface area contributed by atoms with E-state index < -0.39 is 12.3 Å². The third-order valence-electron chi connectivity index (χ3n) is 4.64. The van der Waals surface area contributed by atoms with Crippen LogP contribution in [0.2, 0.25) is 0 Å². The van der Waals surface area contributed by atoms with Crippen LogP contribution in [-0.2, 0) is 11.2 Å². The average molecular weight is 376 g/mol. The summed E-state index contributed by atoms with van der Waals surface area (Å²) in [6, 6.07) is 23.5. The summed E-state index contributed by atoms with van der Waals surface area (Å²) in [5, 5.41) is 0. The molecule has 4 heteroatoms. The van der Waals surface area contributed by atoms with Crippen LogP contribution in [0.1, 0.15) is 23.6 Å². The standard InChI is InChI=1S/C24H24O4/c1-4-19-9-15-22(16-10-19)27-24(26-21-13-7-18(3)8-14-21)23(28-24)25-20-11-5-17(2)6-12-20/h5-16,23H,4H2,1-3H3. The first-order chi connectivity index (χ1) is 13.6. The normalized spacial score (nSPS) is 20.5. The molecule has 2 unspecified atom stereocenters. The first-order valence-corrected chi connectivity index (χ1v) is 9.51. The molecule has 2 atom stereocenters. The number of ether oxygens (including phenoxy) is 4. The van der Waals surface area contributed by atoms with Crippen molar-refractivity contribution in [2.45, 2.75) is 39.5 Å². The van der Waals surface area contributed by atoms with Crippen molar-refractivity contribution in [3.8, 4) is 17.2 Å². The van der Waals surface area contributed by atoms with Crippen molar-refractivity contribution in [3.63, 3.8) is 0 Å². The highest BCUT2D eigenvalue weighted by Crippen LogP contribution is 2.42. The lowest BCUT2D eigenvalue weighted by molar-refractivity contribution is -0.109. The van der Waals surface area contributed by atoms with Crippen LogP contribution in [0.15, 0.2) is 72.8 Å². The van der Waals surface area contributed by atoms with Gasteiger partial charge in [-0.2, -0.15) is 0 Å². The maximum absolute atomic E-state index is 6.09. The van der Waals surface area contributed by atoms with Gasteiger partial charge in [-0.15, -0.1) is 0 Å². The first-order valence-electron chi connectivity index (χ1n) is 9.51. The van der Waals surface area contributed by atoms with E-state index in [1.54, 1.807) is 0 Å². The lowest BCUT2D eigenvalue weighted by Gasteiger charge is -2.17. The van der Waals surface area contributed by atoms with E-state index in [1.807, 2.05) is 86.6 Å².